The normalized spacial score (nSPS) is 14.7. The summed E-state index contributed by atoms with van der Waals surface area (Å²) in [6.07, 6.45) is 0. The fourth-order valence-electron chi connectivity index (χ4n) is 2.80. The second-order valence-corrected chi connectivity index (χ2v) is 6.64. The minimum absolute atomic E-state index is 0.171. The summed E-state index contributed by atoms with van der Waals surface area (Å²) in [5.74, 6) is -0.519. The molecule has 0 atom stereocenters. The number of benzene rings is 2. The molecule has 2 N–H and O–H groups in total. The van der Waals surface area contributed by atoms with Crippen molar-refractivity contribution in [3.05, 3.63) is 59.4 Å². The number of urea groups is 1. The second-order valence-electron chi connectivity index (χ2n) is 6.23. The highest BCUT2D eigenvalue weighted by atomic mass is 35.5. The molecule has 1 aliphatic heterocycles. The molecule has 0 unspecified atom stereocenters. The molecule has 3 rings (SSSR count). The van der Waals surface area contributed by atoms with E-state index in [0.717, 1.165) is 0 Å². The maximum absolute atomic E-state index is 12.9. The van der Waals surface area contributed by atoms with E-state index in [0.29, 0.717) is 42.6 Å². The van der Waals surface area contributed by atoms with Gasteiger partial charge in [0.15, 0.2) is 0 Å². The maximum atomic E-state index is 12.9. The average molecular weight is 391 g/mol. The van der Waals surface area contributed by atoms with E-state index in [1.54, 1.807) is 29.2 Å². The summed E-state index contributed by atoms with van der Waals surface area (Å²) in [7, 11) is 0. The van der Waals surface area contributed by atoms with Crippen molar-refractivity contribution in [2.45, 2.75) is 0 Å². The summed E-state index contributed by atoms with van der Waals surface area (Å²) in [5.41, 5.74) is 1.13. The Morgan fingerprint density at radius 3 is 2.30 bits per heavy atom. The molecule has 142 valence electrons. The third-order valence-corrected chi connectivity index (χ3v) is 4.60. The minimum Gasteiger partial charge on any atom is -0.325 e. The smallest absolute Gasteiger partial charge is 0.321 e. The quantitative estimate of drug-likeness (QED) is 0.842. The highest BCUT2D eigenvalue weighted by Gasteiger charge is 2.22. The van der Waals surface area contributed by atoms with Crippen LogP contribution in [0.2, 0.25) is 5.02 Å². The molecule has 0 spiro atoms. The van der Waals surface area contributed by atoms with E-state index in [2.05, 4.69) is 10.6 Å². The molecule has 1 heterocycles. The predicted molar refractivity (Wildman–Crippen MR) is 104 cm³/mol. The summed E-state index contributed by atoms with van der Waals surface area (Å²) in [6.45, 7) is 2.43. The van der Waals surface area contributed by atoms with E-state index in [1.165, 1.54) is 24.3 Å². The van der Waals surface area contributed by atoms with E-state index < -0.39 is 0 Å². The van der Waals surface area contributed by atoms with Crippen LogP contribution in [0.4, 0.5) is 20.6 Å². The van der Waals surface area contributed by atoms with Gasteiger partial charge in [0.25, 0.3) is 0 Å². The highest BCUT2D eigenvalue weighted by Crippen LogP contribution is 2.21. The van der Waals surface area contributed by atoms with Gasteiger partial charge in [-0.15, -0.1) is 0 Å². The van der Waals surface area contributed by atoms with Gasteiger partial charge >= 0.3 is 6.03 Å². The van der Waals surface area contributed by atoms with E-state index in [9.17, 15) is 14.0 Å². The van der Waals surface area contributed by atoms with Crippen molar-refractivity contribution in [1.82, 2.24) is 9.80 Å². The fourth-order valence-corrected chi connectivity index (χ4v) is 2.99. The monoisotopic (exact) mass is 390 g/mol. The first-order valence-corrected chi connectivity index (χ1v) is 8.97. The van der Waals surface area contributed by atoms with Crippen molar-refractivity contribution < 1.29 is 14.0 Å². The topological polar surface area (TPSA) is 64.7 Å². The first kappa shape index (κ1) is 19.1. The zero-order valence-electron chi connectivity index (χ0n) is 14.6. The lowest BCUT2D eigenvalue weighted by molar-refractivity contribution is -0.117. The molecular weight excluding hydrogens is 371 g/mol. The van der Waals surface area contributed by atoms with E-state index in [4.69, 9.17) is 11.6 Å². The van der Waals surface area contributed by atoms with Crippen LogP contribution in [0.3, 0.4) is 0 Å². The molecule has 0 aliphatic carbocycles. The Balaban J connectivity index is 1.44. The zero-order chi connectivity index (χ0) is 19.2. The number of hydrogen-bond donors (Lipinski definition) is 2. The molecule has 2 aromatic carbocycles. The van der Waals surface area contributed by atoms with Crippen LogP contribution in [-0.2, 0) is 4.79 Å². The third-order valence-electron chi connectivity index (χ3n) is 4.27. The molecule has 1 aliphatic rings. The molecule has 6 nitrogen and oxygen atoms in total. The SMILES string of the molecule is O=C(CN1CCN(C(=O)Nc2ccccc2Cl)CC1)Nc1ccc(F)cc1. The van der Waals surface area contributed by atoms with Gasteiger partial charge in [-0.1, -0.05) is 23.7 Å². The van der Waals surface area contributed by atoms with Crippen LogP contribution in [-0.4, -0.2) is 54.5 Å². The van der Waals surface area contributed by atoms with Crippen molar-refractivity contribution in [1.29, 1.82) is 0 Å². The van der Waals surface area contributed by atoms with Crippen LogP contribution in [0, 0.1) is 5.82 Å². The van der Waals surface area contributed by atoms with Gasteiger partial charge in [-0.25, -0.2) is 9.18 Å². The van der Waals surface area contributed by atoms with Crippen LogP contribution in [0.15, 0.2) is 48.5 Å². The fraction of sp³-hybridized carbons (Fsp3) is 0.263. The number of hydrogen-bond acceptors (Lipinski definition) is 3. The van der Waals surface area contributed by atoms with E-state index in [1.807, 2.05) is 4.90 Å². The van der Waals surface area contributed by atoms with Crippen molar-refractivity contribution in [3.8, 4) is 0 Å². The Hall–Kier alpha value is -2.64. The van der Waals surface area contributed by atoms with Crippen molar-refractivity contribution in [2.75, 3.05) is 43.4 Å². The largest absolute Gasteiger partial charge is 0.325 e. The van der Waals surface area contributed by atoms with Crippen LogP contribution in [0.1, 0.15) is 0 Å². The first-order chi connectivity index (χ1) is 13.0. The lowest BCUT2D eigenvalue weighted by Gasteiger charge is -2.34. The number of carbonyl (C=O) groups is 2. The molecule has 3 amide bonds. The van der Waals surface area contributed by atoms with Crippen molar-refractivity contribution >= 4 is 34.9 Å². The van der Waals surface area contributed by atoms with Crippen molar-refractivity contribution in [2.24, 2.45) is 0 Å². The molecule has 0 saturated carbocycles. The summed E-state index contributed by atoms with van der Waals surface area (Å²) in [6, 6.07) is 12.5. The molecular formula is C19H20ClFN4O2. The summed E-state index contributed by atoms with van der Waals surface area (Å²) < 4.78 is 12.9. The van der Waals surface area contributed by atoms with Gasteiger partial charge in [0.1, 0.15) is 5.82 Å². The number of anilines is 2. The maximum Gasteiger partial charge on any atom is 0.321 e. The number of carbonyl (C=O) groups excluding carboxylic acids is 2. The zero-order valence-corrected chi connectivity index (χ0v) is 15.4. The van der Waals surface area contributed by atoms with Crippen LogP contribution >= 0.6 is 11.6 Å². The Labute approximate surface area is 161 Å². The predicted octanol–water partition coefficient (Wildman–Crippen LogP) is 3.27. The molecule has 27 heavy (non-hydrogen) atoms. The standard InChI is InChI=1S/C19H20ClFN4O2/c20-16-3-1-2-4-17(16)23-19(27)25-11-9-24(10-12-25)13-18(26)22-15-7-5-14(21)6-8-15/h1-8H,9-13H2,(H,22,26)(H,23,27). The molecule has 0 bridgehead atoms. The number of para-hydroxylation sites is 1. The van der Waals surface area contributed by atoms with Gasteiger partial charge in [-0.2, -0.15) is 0 Å². The van der Waals surface area contributed by atoms with Gasteiger partial charge in [0.05, 0.1) is 17.3 Å². The van der Waals surface area contributed by atoms with Gasteiger partial charge < -0.3 is 15.5 Å². The lowest BCUT2D eigenvalue weighted by Crippen LogP contribution is -2.51. The van der Waals surface area contributed by atoms with Gasteiger partial charge in [-0.3, -0.25) is 9.69 Å². The number of nitrogens with one attached hydrogen (secondary N) is 2. The summed E-state index contributed by atoms with van der Waals surface area (Å²) in [4.78, 5) is 28.1. The second kappa shape index (κ2) is 8.83. The highest BCUT2D eigenvalue weighted by molar-refractivity contribution is 6.33. The number of halogens is 2. The number of rotatable bonds is 4. The van der Waals surface area contributed by atoms with Gasteiger partial charge in [-0.05, 0) is 36.4 Å². The van der Waals surface area contributed by atoms with Crippen LogP contribution in [0.5, 0.6) is 0 Å². The minimum atomic E-state index is -0.348. The third kappa shape index (κ3) is 5.42. The molecule has 0 radical (unpaired) electrons. The molecule has 1 saturated heterocycles. The van der Waals surface area contributed by atoms with Gasteiger partial charge in [0.2, 0.25) is 5.91 Å². The Morgan fingerprint density at radius 2 is 1.63 bits per heavy atom. The first-order valence-electron chi connectivity index (χ1n) is 8.59. The Kier molecular flexibility index (Phi) is 6.26. The molecule has 1 fully saturated rings. The summed E-state index contributed by atoms with van der Waals surface area (Å²) in [5, 5.41) is 6.02. The van der Waals surface area contributed by atoms with Gasteiger partial charge in [0, 0.05) is 31.9 Å². The van der Waals surface area contributed by atoms with E-state index >= 15 is 0 Å². The van der Waals surface area contributed by atoms with Crippen LogP contribution < -0.4 is 10.6 Å². The number of amides is 3. The lowest BCUT2D eigenvalue weighted by atomic mass is 10.3. The molecule has 8 heteroatoms. The van der Waals surface area contributed by atoms with E-state index in [-0.39, 0.29) is 24.3 Å². The molecule has 0 aromatic heterocycles. The number of nitrogens with zero attached hydrogens (tertiary/aromatic N) is 2. The van der Waals surface area contributed by atoms with Crippen molar-refractivity contribution in [3.63, 3.8) is 0 Å². The summed E-state index contributed by atoms with van der Waals surface area (Å²) >= 11 is 6.06. The Morgan fingerprint density at radius 1 is 0.963 bits per heavy atom. The Bertz CT molecular complexity index is 808. The average Bonchev–Trinajstić information content (AvgIpc) is 2.66. The molecule has 2 aromatic rings. The van der Waals surface area contributed by atoms with Crippen LogP contribution in [0.25, 0.3) is 0 Å². The number of piperazine rings is 1.